The molecule has 1 aliphatic rings. The van der Waals surface area contributed by atoms with Crippen molar-refractivity contribution in [3.63, 3.8) is 0 Å². The first-order valence-electron chi connectivity index (χ1n) is 8.68. The molecule has 1 aromatic carbocycles. The SMILES string of the molecule is CCC1=C(C(=O)OC)C(c2ccc(Cl)cc2)C(C#N)=C(CC(C)(C)C)N1. The summed E-state index contributed by atoms with van der Waals surface area (Å²) in [7, 11) is 1.36. The van der Waals surface area contributed by atoms with Crippen molar-refractivity contribution in [1.29, 1.82) is 5.26 Å². The molecule has 0 spiro atoms. The molecule has 0 bridgehead atoms. The van der Waals surface area contributed by atoms with Crippen LogP contribution in [-0.2, 0) is 9.53 Å². The standard InChI is InChI=1S/C21H25ClN2O2/c1-6-16-19(20(25)26-5)18(13-7-9-14(22)10-8-13)15(12-23)17(24-16)11-21(2,3)4/h7-10,18,24H,6,11H2,1-5H3. The third-order valence-electron chi connectivity index (χ3n) is 4.32. The number of methoxy groups -OCH3 is 1. The number of benzene rings is 1. The summed E-state index contributed by atoms with van der Waals surface area (Å²) in [4.78, 5) is 12.6. The number of hydrogen-bond acceptors (Lipinski definition) is 4. The van der Waals surface area contributed by atoms with Crippen LogP contribution < -0.4 is 5.32 Å². The van der Waals surface area contributed by atoms with E-state index in [4.69, 9.17) is 16.3 Å². The maximum atomic E-state index is 12.6. The number of nitriles is 1. The van der Waals surface area contributed by atoms with Crippen LogP contribution in [0.15, 0.2) is 46.8 Å². The van der Waals surface area contributed by atoms with Crippen LogP contribution in [0.5, 0.6) is 0 Å². The van der Waals surface area contributed by atoms with E-state index in [1.807, 2.05) is 19.1 Å². The van der Waals surface area contributed by atoms with Gasteiger partial charge in [-0.15, -0.1) is 0 Å². The minimum atomic E-state index is -0.460. The minimum Gasteiger partial charge on any atom is -0.466 e. The summed E-state index contributed by atoms with van der Waals surface area (Å²) in [6.45, 7) is 8.35. The lowest BCUT2D eigenvalue weighted by Crippen LogP contribution is -2.31. The van der Waals surface area contributed by atoms with Crippen molar-refractivity contribution in [2.75, 3.05) is 7.11 Å². The van der Waals surface area contributed by atoms with Gasteiger partial charge in [0.15, 0.2) is 0 Å². The molecule has 0 aliphatic carbocycles. The Morgan fingerprint density at radius 2 is 1.88 bits per heavy atom. The molecule has 26 heavy (non-hydrogen) atoms. The highest BCUT2D eigenvalue weighted by molar-refractivity contribution is 6.30. The largest absolute Gasteiger partial charge is 0.466 e. The fourth-order valence-electron chi connectivity index (χ4n) is 3.23. The summed E-state index contributed by atoms with van der Waals surface area (Å²) in [6, 6.07) is 9.61. The van der Waals surface area contributed by atoms with Crippen molar-refractivity contribution in [1.82, 2.24) is 5.32 Å². The monoisotopic (exact) mass is 372 g/mol. The van der Waals surface area contributed by atoms with E-state index in [0.29, 0.717) is 29.0 Å². The Morgan fingerprint density at radius 3 is 2.35 bits per heavy atom. The van der Waals surface area contributed by atoms with Crippen molar-refractivity contribution < 1.29 is 9.53 Å². The smallest absolute Gasteiger partial charge is 0.336 e. The van der Waals surface area contributed by atoms with Gasteiger partial charge in [0.1, 0.15) is 0 Å². The molecule has 1 aliphatic heterocycles. The van der Waals surface area contributed by atoms with Crippen LogP contribution in [0.4, 0.5) is 0 Å². The first kappa shape index (κ1) is 20.1. The van der Waals surface area contributed by atoms with Crippen molar-refractivity contribution in [2.24, 2.45) is 5.41 Å². The van der Waals surface area contributed by atoms with Gasteiger partial charge >= 0.3 is 5.97 Å². The van der Waals surface area contributed by atoms with Gasteiger partial charge < -0.3 is 10.1 Å². The van der Waals surface area contributed by atoms with E-state index in [2.05, 4.69) is 32.2 Å². The van der Waals surface area contributed by atoms with E-state index in [-0.39, 0.29) is 5.41 Å². The van der Waals surface area contributed by atoms with Crippen LogP contribution >= 0.6 is 11.6 Å². The molecule has 0 fully saturated rings. The van der Waals surface area contributed by atoms with Crippen LogP contribution in [0.1, 0.15) is 52.0 Å². The van der Waals surface area contributed by atoms with Gasteiger partial charge in [-0.05, 0) is 36.0 Å². The average Bonchev–Trinajstić information content (AvgIpc) is 2.59. The number of hydrogen-bond donors (Lipinski definition) is 1. The van der Waals surface area contributed by atoms with E-state index < -0.39 is 11.9 Å². The quantitative estimate of drug-likeness (QED) is 0.749. The summed E-state index contributed by atoms with van der Waals surface area (Å²) in [5.41, 5.74) is 3.56. The molecule has 0 saturated carbocycles. The highest BCUT2D eigenvalue weighted by Crippen LogP contribution is 2.41. The molecular formula is C21H25ClN2O2. The topological polar surface area (TPSA) is 62.1 Å². The Kier molecular flexibility index (Phi) is 6.15. The maximum absolute atomic E-state index is 12.6. The minimum absolute atomic E-state index is 0.00337. The molecule has 5 heteroatoms. The summed E-state index contributed by atoms with van der Waals surface area (Å²) in [6.07, 6.45) is 1.35. The second-order valence-electron chi connectivity index (χ2n) is 7.59. The molecule has 2 rings (SSSR count). The number of nitrogens with one attached hydrogen (secondary N) is 1. The highest BCUT2D eigenvalue weighted by Gasteiger charge is 2.36. The normalized spacial score (nSPS) is 17.7. The average molecular weight is 373 g/mol. The van der Waals surface area contributed by atoms with Gasteiger partial charge in [-0.2, -0.15) is 5.26 Å². The van der Waals surface area contributed by atoms with E-state index in [9.17, 15) is 10.1 Å². The molecule has 0 aromatic heterocycles. The third kappa shape index (κ3) is 4.28. The zero-order valence-electron chi connectivity index (χ0n) is 15.9. The van der Waals surface area contributed by atoms with Crippen LogP contribution in [-0.4, -0.2) is 13.1 Å². The number of carbonyl (C=O) groups is 1. The second kappa shape index (κ2) is 7.97. The van der Waals surface area contributed by atoms with Gasteiger partial charge in [0.25, 0.3) is 0 Å². The van der Waals surface area contributed by atoms with Gasteiger partial charge in [-0.1, -0.05) is 51.4 Å². The number of allylic oxidation sites excluding steroid dienone is 3. The molecule has 1 atom stereocenters. The van der Waals surface area contributed by atoms with Gasteiger partial charge in [0.05, 0.1) is 30.2 Å². The van der Waals surface area contributed by atoms with Crippen molar-refractivity contribution in [3.05, 3.63) is 57.4 Å². The van der Waals surface area contributed by atoms with Crippen LogP contribution in [0.3, 0.4) is 0 Å². The lowest BCUT2D eigenvalue weighted by atomic mass is 9.77. The van der Waals surface area contributed by atoms with Crippen molar-refractivity contribution >= 4 is 17.6 Å². The number of ether oxygens (including phenoxy) is 1. The van der Waals surface area contributed by atoms with Crippen molar-refractivity contribution in [3.8, 4) is 6.07 Å². The molecule has 1 unspecified atom stereocenters. The number of nitrogens with zero attached hydrogens (tertiary/aromatic N) is 1. The molecule has 1 heterocycles. The molecule has 0 radical (unpaired) electrons. The Morgan fingerprint density at radius 1 is 1.27 bits per heavy atom. The van der Waals surface area contributed by atoms with Gasteiger partial charge in [0, 0.05) is 16.4 Å². The predicted octanol–water partition coefficient (Wildman–Crippen LogP) is 5.08. The zero-order chi connectivity index (χ0) is 19.5. The Balaban J connectivity index is 2.70. The number of esters is 1. The molecule has 0 saturated heterocycles. The second-order valence-corrected chi connectivity index (χ2v) is 8.02. The van der Waals surface area contributed by atoms with Gasteiger partial charge in [-0.25, -0.2) is 4.79 Å². The van der Waals surface area contributed by atoms with Crippen molar-refractivity contribution in [2.45, 2.75) is 46.5 Å². The molecule has 0 amide bonds. The maximum Gasteiger partial charge on any atom is 0.336 e. The van der Waals surface area contributed by atoms with Crippen LogP contribution in [0.2, 0.25) is 5.02 Å². The van der Waals surface area contributed by atoms with Crippen LogP contribution in [0, 0.1) is 16.7 Å². The summed E-state index contributed by atoms with van der Waals surface area (Å²) < 4.78 is 5.03. The molecule has 1 N–H and O–H groups in total. The fourth-order valence-corrected chi connectivity index (χ4v) is 3.36. The van der Waals surface area contributed by atoms with E-state index in [1.54, 1.807) is 12.1 Å². The number of carbonyl (C=O) groups excluding carboxylic acids is 1. The predicted molar refractivity (Wildman–Crippen MR) is 103 cm³/mol. The Bertz CT molecular complexity index is 793. The third-order valence-corrected chi connectivity index (χ3v) is 4.57. The number of rotatable bonds is 4. The molecule has 4 nitrogen and oxygen atoms in total. The highest BCUT2D eigenvalue weighted by atomic mass is 35.5. The van der Waals surface area contributed by atoms with Gasteiger partial charge in [-0.3, -0.25) is 0 Å². The van der Waals surface area contributed by atoms with Gasteiger partial charge in [0.2, 0.25) is 0 Å². The summed E-state index contributed by atoms with van der Waals surface area (Å²) in [5, 5.41) is 13.9. The van der Waals surface area contributed by atoms with E-state index >= 15 is 0 Å². The Labute approximate surface area is 160 Å². The molecular weight excluding hydrogens is 348 g/mol. The summed E-state index contributed by atoms with van der Waals surface area (Å²) >= 11 is 6.03. The van der Waals surface area contributed by atoms with E-state index in [1.165, 1.54) is 7.11 Å². The number of dihydropyridines is 1. The first-order chi connectivity index (χ1) is 12.2. The lowest BCUT2D eigenvalue weighted by molar-refractivity contribution is -0.136. The Hall–Kier alpha value is -2.25. The first-order valence-corrected chi connectivity index (χ1v) is 9.06. The lowest BCUT2D eigenvalue weighted by Gasteiger charge is -2.33. The van der Waals surface area contributed by atoms with E-state index in [0.717, 1.165) is 17.0 Å². The molecule has 1 aromatic rings. The fraction of sp³-hybridized carbons (Fsp3) is 0.429. The van der Waals surface area contributed by atoms with Crippen LogP contribution in [0.25, 0.3) is 0 Å². The zero-order valence-corrected chi connectivity index (χ0v) is 16.7. The number of halogens is 1. The summed E-state index contributed by atoms with van der Waals surface area (Å²) in [5.74, 6) is -0.880. The molecule has 138 valence electrons.